The van der Waals surface area contributed by atoms with Crippen LogP contribution in [0.25, 0.3) is 0 Å². The molecule has 2 rings (SSSR count). The Bertz CT molecular complexity index is 539. The molecule has 0 aromatic carbocycles. The van der Waals surface area contributed by atoms with Crippen LogP contribution in [-0.4, -0.2) is 47.7 Å². The Morgan fingerprint density at radius 1 is 1.42 bits per heavy atom. The van der Waals surface area contributed by atoms with Crippen molar-refractivity contribution in [3.63, 3.8) is 0 Å². The zero-order valence-electron chi connectivity index (χ0n) is 12.7. The van der Waals surface area contributed by atoms with Crippen LogP contribution in [0.2, 0.25) is 0 Å². The highest BCUT2D eigenvalue weighted by molar-refractivity contribution is 5.77. The van der Waals surface area contributed by atoms with Crippen LogP contribution in [0.4, 0.5) is 17.6 Å². The fourth-order valence-electron chi connectivity index (χ4n) is 2.45. The van der Waals surface area contributed by atoms with Crippen molar-refractivity contribution in [1.29, 1.82) is 0 Å². The van der Waals surface area contributed by atoms with Crippen LogP contribution in [0.3, 0.4) is 0 Å². The summed E-state index contributed by atoms with van der Waals surface area (Å²) in [4.78, 5) is 16.0. The van der Waals surface area contributed by atoms with Crippen molar-refractivity contribution in [2.45, 2.75) is 37.3 Å². The van der Waals surface area contributed by atoms with Gasteiger partial charge in [0.25, 0.3) is 0 Å². The van der Waals surface area contributed by atoms with E-state index in [0.29, 0.717) is 18.5 Å². The van der Waals surface area contributed by atoms with Gasteiger partial charge in [0.15, 0.2) is 0 Å². The van der Waals surface area contributed by atoms with Gasteiger partial charge in [0.2, 0.25) is 5.91 Å². The molecule has 134 valence electrons. The van der Waals surface area contributed by atoms with Crippen molar-refractivity contribution < 1.29 is 32.2 Å². The normalized spacial score (nSPS) is 22.1. The monoisotopic (exact) mass is 350 g/mol. The number of rotatable bonds is 8. The number of ether oxygens (including phenoxy) is 1. The molecule has 9 heteroatoms. The summed E-state index contributed by atoms with van der Waals surface area (Å²) < 4.78 is 53.8. The molecule has 1 aliphatic carbocycles. The number of amides is 1. The molecule has 1 amide bonds. The van der Waals surface area contributed by atoms with E-state index in [0.717, 1.165) is 0 Å². The first-order valence-corrected chi connectivity index (χ1v) is 7.41. The molecule has 1 heterocycles. The molecule has 0 radical (unpaired) electrons. The lowest BCUT2D eigenvalue weighted by Gasteiger charge is -2.37. The molecule has 1 unspecified atom stereocenters. The van der Waals surface area contributed by atoms with Gasteiger partial charge in [-0.05, 0) is 30.9 Å². The first-order chi connectivity index (χ1) is 11.3. The third kappa shape index (κ3) is 4.88. The predicted octanol–water partition coefficient (Wildman–Crippen LogP) is 1.93. The molecule has 0 saturated heterocycles. The van der Waals surface area contributed by atoms with E-state index in [-0.39, 0.29) is 5.92 Å². The predicted molar refractivity (Wildman–Crippen MR) is 75.6 cm³/mol. The van der Waals surface area contributed by atoms with E-state index < -0.39 is 43.6 Å². The molecule has 0 spiro atoms. The molecule has 1 aromatic rings. The van der Waals surface area contributed by atoms with Crippen LogP contribution in [-0.2, 0) is 9.53 Å². The quantitative estimate of drug-likeness (QED) is 0.703. The molecular formula is C15H18F4N2O3. The Balaban J connectivity index is 1.89. The molecule has 0 bridgehead atoms. The summed E-state index contributed by atoms with van der Waals surface area (Å²) >= 11 is 0. The Morgan fingerprint density at radius 2 is 2.12 bits per heavy atom. The summed E-state index contributed by atoms with van der Waals surface area (Å²) in [7, 11) is 0. The lowest BCUT2D eigenvalue weighted by molar-refractivity contribution is -0.168. The average Bonchev–Trinajstić information content (AvgIpc) is 2.50. The van der Waals surface area contributed by atoms with Gasteiger partial charge in [-0.25, -0.2) is 8.78 Å². The fraction of sp³-hybridized carbons (Fsp3) is 0.600. The van der Waals surface area contributed by atoms with Crippen LogP contribution in [0.1, 0.15) is 24.6 Å². The van der Waals surface area contributed by atoms with Crippen LogP contribution in [0, 0.1) is 5.92 Å². The fourth-order valence-corrected chi connectivity index (χ4v) is 2.45. The third-order valence-corrected chi connectivity index (χ3v) is 3.79. The number of carbonyl (C=O) groups is 1. The molecule has 1 aromatic heterocycles. The number of nitrogens with one attached hydrogen (secondary N) is 1. The second-order valence-electron chi connectivity index (χ2n) is 5.74. The lowest BCUT2D eigenvalue weighted by Crippen LogP contribution is -2.43. The van der Waals surface area contributed by atoms with Crippen LogP contribution in [0.5, 0.6) is 0 Å². The number of hydrogen-bond donors (Lipinski definition) is 2. The molecule has 1 atom stereocenters. The molecule has 0 aliphatic heterocycles. The van der Waals surface area contributed by atoms with Gasteiger partial charge in [0.1, 0.15) is 13.2 Å². The first-order valence-electron chi connectivity index (χ1n) is 7.41. The summed E-state index contributed by atoms with van der Waals surface area (Å²) in [6.07, 6.45) is -1.79. The van der Waals surface area contributed by atoms with E-state index in [1.807, 2.05) is 0 Å². The first kappa shape index (κ1) is 18.6. The van der Waals surface area contributed by atoms with Crippen LogP contribution >= 0.6 is 0 Å². The van der Waals surface area contributed by atoms with Gasteiger partial charge in [-0.3, -0.25) is 9.78 Å². The number of nitrogens with zero attached hydrogens (tertiary/aromatic N) is 1. The Kier molecular flexibility index (Phi) is 6.11. The molecule has 1 aliphatic rings. The summed E-state index contributed by atoms with van der Waals surface area (Å²) in [5.74, 6) is -5.04. The highest BCUT2D eigenvalue weighted by Crippen LogP contribution is 2.37. The number of aliphatic hydroxyl groups is 1. The minimum Gasteiger partial charge on any atom is -0.393 e. The molecular weight excluding hydrogens is 332 g/mol. The average molecular weight is 350 g/mol. The standard InChI is InChI=1S/C15H18F4N2O3/c16-14(17)15(18,19)8-24-7-12(23)21-13(9-5-10(22)6-9)11-3-1-2-4-20-11/h1-4,9-10,13-14,22H,5-8H2,(H,21,23). The summed E-state index contributed by atoms with van der Waals surface area (Å²) in [6.45, 7) is -2.30. The largest absolute Gasteiger partial charge is 0.393 e. The molecule has 2 N–H and O–H groups in total. The van der Waals surface area contributed by atoms with Crippen molar-refractivity contribution in [2.75, 3.05) is 13.2 Å². The zero-order valence-corrected chi connectivity index (χ0v) is 12.7. The Morgan fingerprint density at radius 3 is 2.67 bits per heavy atom. The SMILES string of the molecule is O=C(COCC(F)(F)C(F)F)NC(c1ccccn1)C1CC(O)C1. The Hall–Kier alpha value is -1.74. The maximum atomic E-state index is 12.7. The number of pyridine rings is 1. The van der Waals surface area contributed by atoms with Gasteiger partial charge in [0, 0.05) is 6.20 Å². The van der Waals surface area contributed by atoms with Crippen molar-refractivity contribution >= 4 is 5.91 Å². The van der Waals surface area contributed by atoms with E-state index in [1.165, 1.54) is 0 Å². The topological polar surface area (TPSA) is 71.5 Å². The number of carbonyl (C=O) groups excluding carboxylic acids is 1. The number of halogens is 4. The minimum atomic E-state index is -4.29. The van der Waals surface area contributed by atoms with Crippen LogP contribution < -0.4 is 5.32 Å². The van der Waals surface area contributed by atoms with Crippen LogP contribution in [0.15, 0.2) is 24.4 Å². The van der Waals surface area contributed by atoms with Crippen molar-refractivity contribution in [3.8, 4) is 0 Å². The smallest absolute Gasteiger partial charge is 0.330 e. The number of hydrogen-bond acceptors (Lipinski definition) is 4. The van der Waals surface area contributed by atoms with Crippen molar-refractivity contribution in [1.82, 2.24) is 10.3 Å². The zero-order chi connectivity index (χ0) is 17.7. The number of aromatic nitrogens is 1. The summed E-state index contributed by atoms with van der Waals surface area (Å²) in [5, 5.41) is 12.0. The maximum Gasteiger partial charge on any atom is 0.330 e. The van der Waals surface area contributed by atoms with E-state index >= 15 is 0 Å². The van der Waals surface area contributed by atoms with E-state index in [1.54, 1.807) is 24.4 Å². The highest BCUT2D eigenvalue weighted by Gasteiger charge is 2.41. The Labute approximate surface area is 136 Å². The third-order valence-electron chi connectivity index (χ3n) is 3.79. The molecule has 24 heavy (non-hydrogen) atoms. The summed E-state index contributed by atoms with van der Waals surface area (Å²) in [5.41, 5.74) is 0.570. The van der Waals surface area contributed by atoms with E-state index in [9.17, 15) is 27.5 Å². The van der Waals surface area contributed by atoms with Crippen molar-refractivity contribution in [3.05, 3.63) is 30.1 Å². The number of alkyl halides is 4. The molecule has 1 saturated carbocycles. The second-order valence-corrected chi connectivity index (χ2v) is 5.74. The molecule has 5 nitrogen and oxygen atoms in total. The van der Waals surface area contributed by atoms with Gasteiger partial charge in [-0.15, -0.1) is 0 Å². The van der Waals surface area contributed by atoms with E-state index in [2.05, 4.69) is 15.0 Å². The van der Waals surface area contributed by atoms with Gasteiger partial charge >= 0.3 is 12.3 Å². The summed E-state index contributed by atoms with van der Waals surface area (Å²) in [6, 6.07) is 4.63. The highest BCUT2D eigenvalue weighted by atomic mass is 19.3. The van der Waals surface area contributed by atoms with Gasteiger partial charge in [-0.2, -0.15) is 8.78 Å². The van der Waals surface area contributed by atoms with E-state index in [4.69, 9.17) is 0 Å². The second kappa shape index (κ2) is 7.89. The van der Waals surface area contributed by atoms with Gasteiger partial charge in [0.05, 0.1) is 17.8 Å². The van der Waals surface area contributed by atoms with Crippen molar-refractivity contribution in [2.24, 2.45) is 5.92 Å². The van der Waals surface area contributed by atoms with Gasteiger partial charge in [-0.1, -0.05) is 6.07 Å². The minimum absolute atomic E-state index is 0.0404. The maximum absolute atomic E-state index is 12.7. The van der Waals surface area contributed by atoms with Gasteiger partial charge < -0.3 is 15.2 Å². The lowest BCUT2D eigenvalue weighted by atomic mass is 9.76. The number of aliphatic hydroxyl groups excluding tert-OH is 1. The molecule has 1 fully saturated rings.